The number of carbonyl (C=O) groups excluding carboxylic acids is 2. The Balaban J connectivity index is 3.67. The molecule has 0 aliphatic carbocycles. The Morgan fingerprint density at radius 2 is 1.62 bits per heavy atom. The second-order valence-electron chi connectivity index (χ2n) is 3.59. The molecule has 0 spiro atoms. The number of likely N-dealkylation sites (N-methyl/N-ethyl adjacent to an activating group) is 1. The summed E-state index contributed by atoms with van der Waals surface area (Å²) in [5.74, 6) is -0.231. The van der Waals surface area contributed by atoms with E-state index in [-0.39, 0.29) is 18.4 Å². The summed E-state index contributed by atoms with van der Waals surface area (Å²) < 4.78 is 0. The van der Waals surface area contributed by atoms with Crippen LogP contribution in [0, 0.1) is 0 Å². The van der Waals surface area contributed by atoms with Gasteiger partial charge < -0.3 is 10.6 Å². The first-order valence-electron chi connectivity index (χ1n) is 5.89. The van der Waals surface area contributed by atoms with Crippen LogP contribution in [0.5, 0.6) is 0 Å². The maximum absolute atomic E-state index is 11.4. The number of hydrogen-bond acceptors (Lipinski definition) is 3. The minimum Gasteiger partial charge on any atom is -0.355 e. The van der Waals surface area contributed by atoms with Crippen LogP contribution in [-0.4, -0.2) is 49.4 Å². The molecule has 94 valence electrons. The number of hydrogen-bond donors (Lipinski definition) is 2. The number of carbonyl (C=O) groups is 2. The molecule has 0 aliphatic rings. The van der Waals surface area contributed by atoms with Gasteiger partial charge in [0.1, 0.15) is 0 Å². The lowest BCUT2D eigenvalue weighted by Gasteiger charge is -2.17. The molecule has 16 heavy (non-hydrogen) atoms. The van der Waals surface area contributed by atoms with Crippen LogP contribution in [-0.2, 0) is 9.59 Å². The molecule has 5 heteroatoms. The van der Waals surface area contributed by atoms with E-state index in [2.05, 4.69) is 10.6 Å². The van der Waals surface area contributed by atoms with Gasteiger partial charge in [-0.05, 0) is 19.5 Å². The van der Waals surface area contributed by atoms with Crippen LogP contribution < -0.4 is 10.6 Å². The highest BCUT2D eigenvalue weighted by Crippen LogP contribution is 1.85. The highest BCUT2D eigenvalue weighted by atomic mass is 16.2. The molecule has 0 fully saturated rings. The number of amides is 2. The molecular formula is C11H23N3O2. The van der Waals surface area contributed by atoms with Crippen molar-refractivity contribution in [2.24, 2.45) is 0 Å². The fourth-order valence-electron chi connectivity index (χ4n) is 1.21. The maximum Gasteiger partial charge on any atom is 0.239 e. The van der Waals surface area contributed by atoms with Gasteiger partial charge in [-0.3, -0.25) is 14.5 Å². The van der Waals surface area contributed by atoms with Gasteiger partial charge in [-0.2, -0.15) is 0 Å². The molecule has 0 heterocycles. The first-order chi connectivity index (χ1) is 7.63. The predicted octanol–water partition coefficient (Wildman–Crippen LogP) is -0.0294. The van der Waals surface area contributed by atoms with Crippen molar-refractivity contribution < 1.29 is 9.59 Å². The largest absolute Gasteiger partial charge is 0.355 e. The minimum absolute atomic E-state index is 0.0695. The van der Waals surface area contributed by atoms with E-state index in [0.717, 1.165) is 19.5 Å². The molecule has 0 aromatic carbocycles. The van der Waals surface area contributed by atoms with Gasteiger partial charge in [0.05, 0.1) is 13.1 Å². The molecule has 0 bridgehead atoms. The van der Waals surface area contributed by atoms with E-state index in [4.69, 9.17) is 0 Å². The van der Waals surface area contributed by atoms with Gasteiger partial charge in [-0.25, -0.2) is 0 Å². The average Bonchev–Trinajstić information content (AvgIpc) is 2.30. The van der Waals surface area contributed by atoms with Crippen molar-refractivity contribution in [2.45, 2.75) is 27.2 Å². The van der Waals surface area contributed by atoms with Gasteiger partial charge in [0, 0.05) is 6.54 Å². The second-order valence-corrected chi connectivity index (χ2v) is 3.59. The van der Waals surface area contributed by atoms with Crippen molar-refractivity contribution in [2.75, 3.05) is 32.7 Å². The lowest BCUT2D eigenvalue weighted by atomic mass is 10.4. The lowest BCUT2D eigenvalue weighted by molar-refractivity contribution is -0.126. The van der Waals surface area contributed by atoms with Gasteiger partial charge in [0.15, 0.2) is 0 Å². The third-order valence-corrected chi connectivity index (χ3v) is 2.28. The van der Waals surface area contributed by atoms with E-state index in [1.807, 2.05) is 25.7 Å². The topological polar surface area (TPSA) is 61.4 Å². The van der Waals surface area contributed by atoms with Crippen molar-refractivity contribution in [3.8, 4) is 0 Å². The molecule has 0 rings (SSSR count). The fraction of sp³-hybridized carbons (Fsp3) is 0.818. The molecule has 0 saturated carbocycles. The summed E-state index contributed by atoms with van der Waals surface area (Å²) in [5, 5.41) is 5.30. The van der Waals surface area contributed by atoms with E-state index in [1.165, 1.54) is 0 Å². The fourth-order valence-corrected chi connectivity index (χ4v) is 1.21. The quantitative estimate of drug-likeness (QED) is 0.614. The molecular weight excluding hydrogens is 206 g/mol. The van der Waals surface area contributed by atoms with Crippen LogP contribution in [0.25, 0.3) is 0 Å². The Morgan fingerprint density at radius 1 is 1.00 bits per heavy atom. The summed E-state index contributed by atoms with van der Waals surface area (Å²) >= 11 is 0. The summed E-state index contributed by atoms with van der Waals surface area (Å²) in [6.45, 7) is 8.76. The summed E-state index contributed by atoms with van der Waals surface area (Å²) in [6.07, 6.45) is 0.902. The van der Waals surface area contributed by atoms with Crippen molar-refractivity contribution in [1.29, 1.82) is 0 Å². The standard InChI is InChI=1S/C11H23N3O2/c1-4-7-12-10(15)8-13-11(16)9-14(5-2)6-3/h4-9H2,1-3H3,(H,12,15)(H,13,16). The van der Waals surface area contributed by atoms with Gasteiger partial charge in [0.25, 0.3) is 0 Å². The van der Waals surface area contributed by atoms with E-state index in [0.29, 0.717) is 13.1 Å². The van der Waals surface area contributed by atoms with Crippen LogP contribution >= 0.6 is 0 Å². The molecule has 0 saturated heterocycles. The average molecular weight is 229 g/mol. The van der Waals surface area contributed by atoms with Gasteiger partial charge in [-0.15, -0.1) is 0 Å². The summed E-state index contributed by atoms with van der Waals surface area (Å²) in [7, 11) is 0. The van der Waals surface area contributed by atoms with Crippen LogP contribution in [0.15, 0.2) is 0 Å². The Labute approximate surface area is 97.6 Å². The molecule has 2 amide bonds. The summed E-state index contributed by atoms with van der Waals surface area (Å²) in [4.78, 5) is 24.6. The van der Waals surface area contributed by atoms with Gasteiger partial charge in [-0.1, -0.05) is 20.8 Å². The number of rotatable bonds is 8. The zero-order chi connectivity index (χ0) is 12.4. The van der Waals surface area contributed by atoms with Crippen molar-refractivity contribution in [3.63, 3.8) is 0 Å². The minimum atomic E-state index is -0.130. The summed E-state index contributed by atoms with van der Waals surface area (Å²) in [5.41, 5.74) is 0. The molecule has 0 aliphatic heterocycles. The van der Waals surface area contributed by atoms with Crippen molar-refractivity contribution in [1.82, 2.24) is 15.5 Å². The van der Waals surface area contributed by atoms with Crippen LogP contribution in [0.3, 0.4) is 0 Å². The highest BCUT2D eigenvalue weighted by molar-refractivity contribution is 5.85. The first-order valence-corrected chi connectivity index (χ1v) is 5.89. The third-order valence-electron chi connectivity index (χ3n) is 2.28. The SMILES string of the molecule is CCCNC(=O)CNC(=O)CN(CC)CC. The maximum atomic E-state index is 11.4. The molecule has 2 N–H and O–H groups in total. The summed E-state index contributed by atoms with van der Waals surface area (Å²) in [6, 6.07) is 0. The Kier molecular flexibility index (Phi) is 8.52. The third kappa shape index (κ3) is 7.23. The molecule has 0 atom stereocenters. The molecule has 0 aromatic heterocycles. The van der Waals surface area contributed by atoms with Crippen molar-refractivity contribution >= 4 is 11.8 Å². The zero-order valence-corrected chi connectivity index (χ0v) is 10.5. The van der Waals surface area contributed by atoms with E-state index >= 15 is 0 Å². The molecule has 0 unspecified atom stereocenters. The first kappa shape index (κ1) is 14.9. The zero-order valence-electron chi connectivity index (χ0n) is 10.5. The van der Waals surface area contributed by atoms with Crippen LogP contribution in [0.4, 0.5) is 0 Å². The number of nitrogens with one attached hydrogen (secondary N) is 2. The van der Waals surface area contributed by atoms with Crippen LogP contribution in [0.1, 0.15) is 27.2 Å². The highest BCUT2D eigenvalue weighted by Gasteiger charge is 2.08. The normalized spacial score (nSPS) is 10.2. The second kappa shape index (κ2) is 9.15. The Morgan fingerprint density at radius 3 is 2.12 bits per heavy atom. The van der Waals surface area contributed by atoms with E-state index < -0.39 is 0 Å². The van der Waals surface area contributed by atoms with E-state index in [1.54, 1.807) is 0 Å². The van der Waals surface area contributed by atoms with Crippen molar-refractivity contribution in [3.05, 3.63) is 0 Å². The van der Waals surface area contributed by atoms with Gasteiger partial charge >= 0.3 is 0 Å². The molecule has 0 radical (unpaired) electrons. The smallest absolute Gasteiger partial charge is 0.239 e. The predicted molar refractivity (Wildman–Crippen MR) is 64.1 cm³/mol. The van der Waals surface area contributed by atoms with Gasteiger partial charge in [0.2, 0.25) is 11.8 Å². The lowest BCUT2D eigenvalue weighted by Crippen LogP contribution is -2.42. The van der Waals surface area contributed by atoms with Crippen LogP contribution in [0.2, 0.25) is 0 Å². The van der Waals surface area contributed by atoms with E-state index in [9.17, 15) is 9.59 Å². The Bertz CT molecular complexity index is 215. The molecule has 0 aromatic rings. The monoisotopic (exact) mass is 229 g/mol. The number of nitrogens with zero attached hydrogens (tertiary/aromatic N) is 1. The molecule has 5 nitrogen and oxygen atoms in total. The Hall–Kier alpha value is -1.10.